The number of carbonyl (C=O) groups is 3. The lowest BCUT2D eigenvalue weighted by atomic mass is 10.1. The number of aliphatic hydroxyl groups excluding tert-OH is 1. The van der Waals surface area contributed by atoms with Gasteiger partial charge in [-0.3, -0.25) is 14.4 Å². The molecule has 3 aromatic rings. The maximum absolute atomic E-state index is 12.7. The molecule has 3 rings (SSSR count). The molecule has 0 saturated heterocycles. The van der Waals surface area contributed by atoms with E-state index in [1.54, 1.807) is 24.3 Å². The van der Waals surface area contributed by atoms with Crippen molar-refractivity contribution >= 4 is 17.6 Å². The van der Waals surface area contributed by atoms with Gasteiger partial charge in [0.15, 0.2) is 5.78 Å². The Morgan fingerprint density at radius 1 is 0.806 bits per heavy atom. The van der Waals surface area contributed by atoms with Gasteiger partial charge in [0.25, 0.3) is 5.91 Å². The zero-order chi connectivity index (χ0) is 25.6. The molecule has 0 radical (unpaired) electrons. The molecule has 0 aliphatic rings. The number of carbonyl (C=O) groups excluding carboxylic acids is 3. The van der Waals surface area contributed by atoms with Crippen LogP contribution in [0.15, 0.2) is 84.9 Å². The van der Waals surface area contributed by atoms with Crippen molar-refractivity contribution in [2.45, 2.75) is 12.5 Å². The van der Waals surface area contributed by atoms with Crippen LogP contribution in [0.25, 0.3) is 0 Å². The minimum absolute atomic E-state index is 0.0757. The minimum atomic E-state index is -1.05. The van der Waals surface area contributed by atoms with Crippen LogP contribution in [0.5, 0.6) is 0 Å². The molecule has 0 aliphatic heterocycles. The van der Waals surface area contributed by atoms with E-state index in [1.807, 2.05) is 60.7 Å². The summed E-state index contributed by atoms with van der Waals surface area (Å²) in [4.78, 5) is 36.9. The lowest BCUT2D eigenvalue weighted by Gasteiger charge is -2.18. The molecule has 1 atom stereocenters. The van der Waals surface area contributed by atoms with E-state index >= 15 is 0 Å². The van der Waals surface area contributed by atoms with Gasteiger partial charge in [0.1, 0.15) is 12.6 Å². The van der Waals surface area contributed by atoms with Crippen LogP contribution in [0.3, 0.4) is 0 Å². The van der Waals surface area contributed by atoms with Crippen LogP contribution < -0.4 is 16.0 Å². The van der Waals surface area contributed by atoms with Crippen LogP contribution >= 0.6 is 0 Å². The molecule has 0 heterocycles. The second-order valence-corrected chi connectivity index (χ2v) is 8.06. The molecule has 0 unspecified atom stereocenters. The molecule has 3 aromatic carbocycles. The Morgan fingerprint density at radius 2 is 1.42 bits per heavy atom. The van der Waals surface area contributed by atoms with Crippen LogP contribution in [-0.4, -0.2) is 55.0 Å². The number of aliphatic hydroxyl groups is 1. The monoisotopic (exact) mass is 483 g/mol. The quantitative estimate of drug-likeness (QED) is 0.245. The Morgan fingerprint density at radius 3 is 2.06 bits per heavy atom. The molecule has 0 fully saturated rings. The fraction of sp³-hybridized carbons (Fsp3) is 0.207. The van der Waals surface area contributed by atoms with Crippen LogP contribution in [0.2, 0.25) is 0 Å². The smallest absolute Gasteiger partial charge is 0.251 e. The zero-order valence-electron chi connectivity index (χ0n) is 19.9. The number of Topliss-reactive ketones (excluding diaryl/α,β-unsaturated/α-hetero) is 1. The lowest BCUT2D eigenvalue weighted by molar-refractivity contribution is -0.124. The first-order chi connectivity index (χ1) is 17.5. The average Bonchev–Trinajstić information content (AvgIpc) is 2.93. The molecule has 4 N–H and O–H groups in total. The second-order valence-electron chi connectivity index (χ2n) is 8.06. The Balaban J connectivity index is 1.47. The molecular weight excluding hydrogens is 454 g/mol. The number of amides is 2. The molecule has 7 heteroatoms. The van der Waals surface area contributed by atoms with Gasteiger partial charge in [-0.15, -0.1) is 0 Å². The summed E-state index contributed by atoms with van der Waals surface area (Å²) >= 11 is 0. The van der Waals surface area contributed by atoms with Gasteiger partial charge < -0.3 is 21.1 Å². The predicted octanol–water partition coefficient (Wildman–Crippen LogP) is 1.69. The standard InChI is InChI=1S/C29H29N3O4/c33-21-27(34)26(19-31-28(35)20-30-18-17-23-9-5-2-6-10-23)32-29(36)25-15-13-24(14-16-25)12-11-22-7-3-1-4-8-22/h1-10,13-16,26,30,33H,17-21H2,(H,31,35)(H,32,36)/t26-/m0/s1. The van der Waals surface area contributed by atoms with Crippen molar-refractivity contribution in [3.8, 4) is 11.8 Å². The molecule has 0 saturated carbocycles. The van der Waals surface area contributed by atoms with Crippen molar-refractivity contribution in [1.29, 1.82) is 0 Å². The summed E-state index contributed by atoms with van der Waals surface area (Å²) in [5.41, 5.74) is 3.13. The Bertz CT molecular complexity index is 1200. The zero-order valence-corrected chi connectivity index (χ0v) is 19.9. The van der Waals surface area contributed by atoms with Gasteiger partial charge in [-0.25, -0.2) is 0 Å². The highest BCUT2D eigenvalue weighted by atomic mass is 16.3. The van der Waals surface area contributed by atoms with Crippen molar-refractivity contribution in [1.82, 2.24) is 16.0 Å². The molecular formula is C29H29N3O4. The Kier molecular flexibility index (Phi) is 10.4. The molecule has 0 bridgehead atoms. The first kappa shape index (κ1) is 26.4. The van der Waals surface area contributed by atoms with Crippen molar-refractivity contribution in [2.75, 3.05) is 26.2 Å². The molecule has 0 aromatic heterocycles. The summed E-state index contributed by atoms with van der Waals surface area (Å²) in [6, 6.07) is 25.1. The van der Waals surface area contributed by atoms with Gasteiger partial charge in [0, 0.05) is 23.2 Å². The molecule has 2 amide bonds. The summed E-state index contributed by atoms with van der Waals surface area (Å²) in [6.07, 6.45) is 0.784. The third kappa shape index (κ3) is 8.84. The maximum Gasteiger partial charge on any atom is 0.251 e. The van der Waals surface area contributed by atoms with E-state index in [1.165, 1.54) is 0 Å². The van der Waals surface area contributed by atoms with Gasteiger partial charge >= 0.3 is 0 Å². The van der Waals surface area contributed by atoms with Crippen LogP contribution in [-0.2, 0) is 16.0 Å². The highest BCUT2D eigenvalue weighted by molar-refractivity contribution is 5.98. The van der Waals surface area contributed by atoms with E-state index in [9.17, 15) is 19.5 Å². The van der Waals surface area contributed by atoms with Crippen LogP contribution in [0.4, 0.5) is 0 Å². The number of ketones is 1. The normalized spacial score (nSPS) is 11.0. The third-order valence-corrected chi connectivity index (χ3v) is 5.34. The minimum Gasteiger partial charge on any atom is -0.388 e. The summed E-state index contributed by atoms with van der Waals surface area (Å²) in [5, 5.41) is 17.5. The highest BCUT2D eigenvalue weighted by Crippen LogP contribution is 2.05. The molecule has 0 aliphatic carbocycles. The van der Waals surface area contributed by atoms with E-state index < -0.39 is 24.3 Å². The summed E-state index contributed by atoms with van der Waals surface area (Å²) in [6.45, 7) is -0.166. The molecule has 184 valence electrons. The Hall–Kier alpha value is -4.25. The van der Waals surface area contributed by atoms with E-state index in [2.05, 4.69) is 27.8 Å². The fourth-order valence-electron chi connectivity index (χ4n) is 3.33. The van der Waals surface area contributed by atoms with E-state index in [0.717, 1.165) is 23.1 Å². The molecule has 36 heavy (non-hydrogen) atoms. The van der Waals surface area contributed by atoms with Crippen LogP contribution in [0.1, 0.15) is 27.0 Å². The number of hydrogen-bond acceptors (Lipinski definition) is 5. The summed E-state index contributed by atoms with van der Waals surface area (Å²) in [7, 11) is 0. The average molecular weight is 484 g/mol. The summed E-state index contributed by atoms with van der Waals surface area (Å²) in [5.74, 6) is 4.70. The first-order valence-corrected chi connectivity index (χ1v) is 11.7. The van der Waals surface area contributed by atoms with Crippen molar-refractivity contribution in [3.05, 3.63) is 107 Å². The topological polar surface area (TPSA) is 108 Å². The maximum atomic E-state index is 12.7. The third-order valence-electron chi connectivity index (χ3n) is 5.34. The van der Waals surface area contributed by atoms with Gasteiger partial charge in [-0.05, 0) is 54.9 Å². The van der Waals surface area contributed by atoms with Gasteiger partial charge in [-0.1, -0.05) is 60.4 Å². The fourth-order valence-corrected chi connectivity index (χ4v) is 3.33. The van der Waals surface area contributed by atoms with E-state index in [-0.39, 0.29) is 19.0 Å². The summed E-state index contributed by atoms with van der Waals surface area (Å²) < 4.78 is 0. The Labute approximate surface area is 210 Å². The second kappa shape index (κ2) is 14.2. The number of nitrogens with one attached hydrogen (secondary N) is 3. The van der Waals surface area contributed by atoms with Gasteiger partial charge in [0.05, 0.1) is 6.54 Å². The number of hydrogen-bond donors (Lipinski definition) is 4. The molecule has 0 spiro atoms. The largest absolute Gasteiger partial charge is 0.388 e. The van der Waals surface area contributed by atoms with Gasteiger partial charge in [-0.2, -0.15) is 0 Å². The number of benzene rings is 3. The van der Waals surface area contributed by atoms with Crippen molar-refractivity contribution in [3.63, 3.8) is 0 Å². The SMILES string of the molecule is O=C(CNCCc1ccccc1)NC[C@H](NC(=O)c1ccc(C#Cc2ccccc2)cc1)C(=O)CO. The molecule has 7 nitrogen and oxygen atoms in total. The highest BCUT2D eigenvalue weighted by Gasteiger charge is 2.21. The van der Waals surface area contributed by atoms with Crippen molar-refractivity contribution < 1.29 is 19.5 Å². The predicted molar refractivity (Wildman–Crippen MR) is 138 cm³/mol. The van der Waals surface area contributed by atoms with E-state index in [4.69, 9.17) is 0 Å². The van der Waals surface area contributed by atoms with Crippen molar-refractivity contribution in [2.24, 2.45) is 0 Å². The van der Waals surface area contributed by atoms with Gasteiger partial charge in [0.2, 0.25) is 5.91 Å². The van der Waals surface area contributed by atoms with E-state index in [0.29, 0.717) is 12.1 Å². The first-order valence-electron chi connectivity index (χ1n) is 11.7. The van der Waals surface area contributed by atoms with Crippen LogP contribution in [0, 0.1) is 11.8 Å². The number of rotatable bonds is 11. The lowest BCUT2D eigenvalue weighted by Crippen LogP contribution is -2.50.